The number of ether oxygens (including phenoxy) is 1. The van der Waals surface area contributed by atoms with Crippen LogP contribution in [0.4, 0.5) is 0 Å². The van der Waals surface area contributed by atoms with E-state index in [1.165, 1.54) is 18.4 Å². The maximum atomic E-state index is 11.4. The topological polar surface area (TPSA) is 26.3 Å². The zero-order valence-corrected chi connectivity index (χ0v) is 15.0. The van der Waals surface area contributed by atoms with Gasteiger partial charge < -0.3 is 4.74 Å². The Morgan fingerprint density at radius 1 is 1.05 bits per heavy atom. The van der Waals surface area contributed by atoms with Gasteiger partial charge in [-0.3, -0.25) is 0 Å². The molecule has 122 valence electrons. The lowest BCUT2D eigenvalue weighted by atomic mass is 9.88. The molecule has 0 amide bonds. The summed E-state index contributed by atoms with van der Waals surface area (Å²) in [6.45, 7) is 15.6. The summed E-state index contributed by atoms with van der Waals surface area (Å²) in [4.78, 5) is 11.4. The van der Waals surface area contributed by atoms with Crippen molar-refractivity contribution in [2.24, 2.45) is 17.8 Å². The SMILES string of the molecule is CCOC(=O)C=C(C)C=C(C)CC(C)CCC(C)C(C)C. The summed E-state index contributed by atoms with van der Waals surface area (Å²) in [5.74, 6) is 2.00. The molecule has 0 heterocycles. The molecular formula is C19H34O2. The minimum Gasteiger partial charge on any atom is -0.463 e. The average Bonchev–Trinajstić information content (AvgIpc) is 2.35. The smallest absolute Gasteiger partial charge is 0.330 e. The van der Waals surface area contributed by atoms with Crippen molar-refractivity contribution in [2.45, 2.75) is 67.7 Å². The van der Waals surface area contributed by atoms with Gasteiger partial charge >= 0.3 is 5.97 Å². The third-order valence-electron chi connectivity index (χ3n) is 4.03. The maximum absolute atomic E-state index is 11.4. The quantitative estimate of drug-likeness (QED) is 0.317. The van der Waals surface area contributed by atoms with Gasteiger partial charge in [0.1, 0.15) is 0 Å². The Balaban J connectivity index is 4.30. The van der Waals surface area contributed by atoms with E-state index in [4.69, 9.17) is 4.74 Å². The molecule has 0 aromatic heterocycles. The molecule has 0 rings (SSSR count). The molecule has 2 heteroatoms. The summed E-state index contributed by atoms with van der Waals surface area (Å²) in [5.41, 5.74) is 2.30. The fraction of sp³-hybridized carbons (Fsp3) is 0.737. The zero-order valence-electron chi connectivity index (χ0n) is 15.0. The second kappa shape index (κ2) is 10.6. The van der Waals surface area contributed by atoms with E-state index >= 15 is 0 Å². The van der Waals surface area contributed by atoms with Gasteiger partial charge in [0.05, 0.1) is 6.61 Å². The van der Waals surface area contributed by atoms with Crippen molar-refractivity contribution in [1.82, 2.24) is 0 Å². The van der Waals surface area contributed by atoms with Crippen molar-refractivity contribution >= 4 is 5.97 Å². The average molecular weight is 294 g/mol. The highest BCUT2D eigenvalue weighted by Crippen LogP contribution is 2.23. The molecule has 0 saturated heterocycles. The van der Waals surface area contributed by atoms with Gasteiger partial charge in [0.15, 0.2) is 0 Å². The molecule has 2 unspecified atom stereocenters. The van der Waals surface area contributed by atoms with Crippen molar-refractivity contribution in [3.05, 3.63) is 23.3 Å². The van der Waals surface area contributed by atoms with Crippen LogP contribution in [-0.2, 0) is 9.53 Å². The van der Waals surface area contributed by atoms with Crippen molar-refractivity contribution in [3.63, 3.8) is 0 Å². The normalized spacial score (nSPS) is 16.0. The summed E-state index contributed by atoms with van der Waals surface area (Å²) < 4.78 is 4.92. The molecule has 2 nitrogen and oxygen atoms in total. The van der Waals surface area contributed by atoms with Gasteiger partial charge in [-0.25, -0.2) is 4.79 Å². The van der Waals surface area contributed by atoms with Crippen LogP contribution in [0.3, 0.4) is 0 Å². The Morgan fingerprint density at radius 3 is 2.19 bits per heavy atom. The first-order valence-corrected chi connectivity index (χ1v) is 8.28. The zero-order chi connectivity index (χ0) is 16.4. The van der Waals surface area contributed by atoms with E-state index in [0.29, 0.717) is 12.5 Å². The second-order valence-electron chi connectivity index (χ2n) is 6.74. The van der Waals surface area contributed by atoms with Crippen molar-refractivity contribution < 1.29 is 9.53 Å². The summed E-state index contributed by atoms with van der Waals surface area (Å²) >= 11 is 0. The Hall–Kier alpha value is -1.05. The Kier molecular flexibility index (Phi) is 10.1. The standard InChI is InChI=1S/C19H34O2/c1-8-21-19(20)13-17(6)12-16(5)11-15(4)9-10-18(7)14(2)3/h12-15,18H,8-11H2,1-7H3. The molecule has 2 atom stereocenters. The molecule has 0 spiro atoms. The van der Waals surface area contributed by atoms with Crippen molar-refractivity contribution in [3.8, 4) is 0 Å². The van der Waals surface area contributed by atoms with E-state index in [9.17, 15) is 4.79 Å². The molecule has 0 fully saturated rings. The Labute approximate surface area is 131 Å². The van der Waals surface area contributed by atoms with E-state index in [1.54, 1.807) is 6.08 Å². The van der Waals surface area contributed by atoms with E-state index in [1.807, 2.05) is 13.8 Å². The molecule has 0 aliphatic rings. The van der Waals surface area contributed by atoms with Crippen LogP contribution in [0.2, 0.25) is 0 Å². The van der Waals surface area contributed by atoms with Crippen LogP contribution in [-0.4, -0.2) is 12.6 Å². The summed E-state index contributed by atoms with van der Waals surface area (Å²) in [6.07, 6.45) is 7.32. The van der Waals surface area contributed by atoms with Crippen LogP contribution in [0.25, 0.3) is 0 Å². The largest absolute Gasteiger partial charge is 0.463 e. The molecule has 0 aromatic carbocycles. The number of hydrogen-bond acceptors (Lipinski definition) is 2. The fourth-order valence-corrected chi connectivity index (χ4v) is 2.39. The minimum absolute atomic E-state index is 0.252. The predicted molar refractivity (Wildman–Crippen MR) is 91.2 cm³/mol. The predicted octanol–water partition coefficient (Wildman–Crippen LogP) is 5.54. The molecule has 0 saturated carbocycles. The van der Waals surface area contributed by atoms with Crippen LogP contribution >= 0.6 is 0 Å². The number of rotatable bonds is 9. The van der Waals surface area contributed by atoms with Gasteiger partial charge in [0, 0.05) is 6.08 Å². The number of carbonyl (C=O) groups is 1. The molecule has 0 aliphatic heterocycles. The highest BCUT2D eigenvalue weighted by Gasteiger charge is 2.10. The molecule has 0 bridgehead atoms. The van der Waals surface area contributed by atoms with Crippen LogP contribution in [0.1, 0.15) is 67.7 Å². The fourth-order valence-electron chi connectivity index (χ4n) is 2.39. The number of allylic oxidation sites excluding steroid dienone is 3. The van der Waals surface area contributed by atoms with Gasteiger partial charge in [-0.2, -0.15) is 0 Å². The first-order valence-electron chi connectivity index (χ1n) is 8.28. The van der Waals surface area contributed by atoms with Gasteiger partial charge in [-0.1, -0.05) is 52.2 Å². The van der Waals surface area contributed by atoms with E-state index < -0.39 is 0 Å². The Morgan fingerprint density at radius 2 is 1.67 bits per heavy atom. The molecule has 0 N–H and O–H groups in total. The molecule has 0 aromatic rings. The molecular weight excluding hydrogens is 260 g/mol. The summed E-state index contributed by atoms with van der Waals surface area (Å²) in [7, 11) is 0. The van der Waals surface area contributed by atoms with Crippen LogP contribution in [0.15, 0.2) is 23.3 Å². The second-order valence-corrected chi connectivity index (χ2v) is 6.74. The number of carbonyl (C=O) groups excluding carboxylic acids is 1. The Bertz CT molecular complexity index is 364. The summed E-state index contributed by atoms with van der Waals surface area (Å²) in [6, 6.07) is 0. The lowest BCUT2D eigenvalue weighted by molar-refractivity contribution is -0.137. The van der Waals surface area contributed by atoms with Gasteiger partial charge in [-0.15, -0.1) is 0 Å². The van der Waals surface area contributed by atoms with Gasteiger partial charge in [0.2, 0.25) is 0 Å². The summed E-state index contributed by atoms with van der Waals surface area (Å²) in [5, 5.41) is 0. The highest BCUT2D eigenvalue weighted by molar-refractivity contribution is 5.83. The van der Waals surface area contributed by atoms with E-state index in [2.05, 4.69) is 40.7 Å². The van der Waals surface area contributed by atoms with Crippen molar-refractivity contribution in [2.75, 3.05) is 6.61 Å². The third-order valence-corrected chi connectivity index (χ3v) is 4.03. The molecule has 21 heavy (non-hydrogen) atoms. The van der Waals surface area contributed by atoms with E-state index in [0.717, 1.165) is 23.8 Å². The molecule has 0 aliphatic carbocycles. The minimum atomic E-state index is -0.252. The highest BCUT2D eigenvalue weighted by atomic mass is 16.5. The lowest BCUT2D eigenvalue weighted by Gasteiger charge is -2.18. The van der Waals surface area contributed by atoms with Gasteiger partial charge in [0.25, 0.3) is 0 Å². The molecule has 0 radical (unpaired) electrons. The number of esters is 1. The number of hydrogen-bond donors (Lipinski definition) is 0. The van der Waals surface area contributed by atoms with Crippen LogP contribution < -0.4 is 0 Å². The first kappa shape index (κ1) is 19.9. The third kappa shape index (κ3) is 10.3. The van der Waals surface area contributed by atoms with Gasteiger partial charge in [-0.05, 0) is 50.5 Å². The van der Waals surface area contributed by atoms with E-state index in [-0.39, 0.29) is 5.97 Å². The van der Waals surface area contributed by atoms with Crippen LogP contribution in [0.5, 0.6) is 0 Å². The maximum Gasteiger partial charge on any atom is 0.330 e. The lowest BCUT2D eigenvalue weighted by Crippen LogP contribution is -2.06. The van der Waals surface area contributed by atoms with Crippen molar-refractivity contribution in [1.29, 1.82) is 0 Å². The van der Waals surface area contributed by atoms with Crippen LogP contribution in [0, 0.1) is 17.8 Å². The monoisotopic (exact) mass is 294 g/mol. The first-order chi connectivity index (χ1) is 9.76.